The first kappa shape index (κ1) is 18.4. The first-order valence-electron chi connectivity index (χ1n) is 9.31. The fourth-order valence-electron chi connectivity index (χ4n) is 3.38. The van der Waals surface area contributed by atoms with E-state index in [-0.39, 0.29) is 17.5 Å². The SMILES string of the molecule is C=CCn1c(=S)[nH]c2cc(C(=O)N(Cc3ccccc3)C3CC3)ccc2c1=O. The Balaban J connectivity index is 1.70. The Kier molecular flexibility index (Phi) is 4.96. The third kappa shape index (κ3) is 3.55. The lowest BCUT2D eigenvalue weighted by molar-refractivity contribution is 0.0730. The quantitative estimate of drug-likeness (QED) is 0.509. The molecule has 1 N–H and O–H groups in total. The number of carbonyl (C=O) groups is 1. The van der Waals surface area contributed by atoms with Crippen molar-refractivity contribution in [2.75, 3.05) is 0 Å². The number of hydrogen-bond acceptors (Lipinski definition) is 3. The lowest BCUT2D eigenvalue weighted by atomic mass is 10.1. The molecule has 1 aliphatic carbocycles. The predicted molar refractivity (Wildman–Crippen MR) is 113 cm³/mol. The Bertz CT molecular complexity index is 1160. The molecule has 1 amide bonds. The maximum absolute atomic E-state index is 13.2. The molecule has 0 aliphatic heterocycles. The van der Waals surface area contributed by atoms with E-state index >= 15 is 0 Å². The highest BCUT2D eigenvalue weighted by molar-refractivity contribution is 7.71. The van der Waals surface area contributed by atoms with Crippen molar-refractivity contribution in [3.05, 3.63) is 87.4 Å². The van der Waals surface area contributed by atoms with Gasteiger partial charge >= 0.3 is 0 Å². The summed E-state index contributed by atoms with van der Waals surface area (Å²) in [6.45, 7) is 4.59. The Morgan fingerprint density at radius 2 is 2.00 bits per heavy atom. The van der Waals surface area contributed by atoms with Gasteiger partial charge in [0.15, 0.2) is 4.77 Å². The Hall–Kier alpha value is -2.99. The van der Waals surface area contributed by atoms with Crippen LogP contribution in [0.2, 0.25) is 0 Å². The molecule has 1 saturated carbocycles. The van der Waals surface area contributed by atoms with Crippen LogP contribution in [0.25, 0.3) is 10.9 Å². The number of amides is 1. The van der Waals surface area contributed by atoms with Crippen LogP contribution in [0.15, 0.2) is 66.0 Å². The van der Waals surface area contributed by atoms with Gasteiger partial charge in [-0.25, -0.2) is 0 Å². The second-order valence-corrected chi connectivity index (χ2v) is 7.43. The van der Waals surface area contributed by atoms with E-state index in [1.807, 2.05) is 35.2 Å². The average Bonchev–Trinajstić information content (AvgIpc) is 3.54. The molecule has 1 fully saturated rings. The summed E-state index contributed by atoms with van der Waals surface area (Å²) < 4.78 is 1.78. The van der Waals surface area contributed by atoms with E-state index in [0.717, 1.165) is 18.4 Å². The zero-order valence-corrected chi connectivity index (χ0v) is 16.2. The first-order valence-corrected chi connectivity index (χ1v) is 9.72. The number of aromatic amines is 1. The smallest absolute Gasteiger partial charge is 0.262 e. The normalized spacial score (nSPS) is 13.4. The minimum atomic E-state index is -0.180. The highest BCUT2D eigenvalue weighted by Crippen LogP contribution is 2.30. The van der Waals surface area contributed by atoms with E-state index in [2.05, 4.69) is 11.6 Å². The second kappa shape index (κ2) is 7.56. The minimum Gasteiger partial charge on any atom is -0.332 e. The van der Waals surface area contributed by atoms with Gasteiger partial charge in [-0.05, 0) is 48.8 Å². The van der Waals surface area contributed by atoms with E-state index in [9.17, 15) is 9.59 Å². The molecule has 1 aliphatic rings. The second-order valence-electron chi connectivity index (χ2n) is 7.04. The van der Waals surface area contributed by atoms with Crippen molar-refractivity contribution in [2.45, 2.75) is 32.0 Å². The Morgan fingerprint density at radius 1 is 1.25 bits per heavy atom. The number of H-pyrrole nitrogens is 1. The van der Waals surface area contributed by atoms with E-state index in [1.165, 1.54) is 4.57 Å². The highest BCUT2D eigenvalue weighted by Gasteiger charge is 2.33. The Morgan fingerprint density at radius 3 is 2.68 bits per heavy atom. The molecule has 0 radical (unpaired) electrons. The van der Waals surface area contributed by atoms with Gasteiger partial charge in [-0.2, -0.15) is 0 Å². The largest absolute Gasteiger partial charge is 0.332 e. The molecule has 28 heavy (non-hydrogen) atoms. The third-order valence-corrected chi connectivity index (χ3v) is 5.31. The molecule has 0 bridgehead atoms. The monoisotopic (exact) mass is 391 g/mol. The molecule has 0 spiro atoms. The number of hydrogen-bond donors (Lipinski definition) is 1. The average molecular weight is 391 g/mol. The number of aromatic nitrogens is 2. The number of nitrogens with zero attached hydrogens (tertiary/aromatic N) is 2. The molecule has 0 unspecified atom stereocenters. The van der Waals surface area contributed by atoms with E-state index in [0.29, 0.717) is 34.3 Å². The predicted octanol–water partition coefficient (Wildman–Crippen LogP) is 4.05. The highest BCUT2D eigenvalue weighted by atomic mass is 32.1. The van der Waals surface area contributed by atoms with Gasteiger partial charge in [0.2, 0.25) is 0 Å². The number of benzene rings is 2. The van der Waals surface area contributed by atoms with Gasteiger partial charge in [0.25, 0.3) is 11.5 Å². The molecule has 1 heterocycles. The molecule has 2 aromatic carbocycles. The molecule has 3 aromatic rings. The van der Waals surface area contributed by atoms with Crippen molar-refractivity contribution in [1.29, 1.82) is 0 Å². The van der Waals surface area contributed by atoms with Crippen molar-refractivity contribution in [3.63, 3.8) is 0 Å². The van der Waals surface area contributed by atoms with Crippen LogP contribution in [0.1, 0.15) is 28.8 Å². The van der Waals surface area contributed by atoms with E-state index in [4.69, 9.17) is 12.2 Å². The summed E-state index contributed by atoms with van der Waals surface area (Å²) in [5.74, 6) is -0.0251. The van der Waals surface area contributed by atoms with E-state index < -0.39 is 0 Å². The summed E-state index contributed by atoms with van der Waals surface area (Å²) in [6, 6.07) is 15.4. The minimum absolute atomic E-state index is 0.0251. The van der Waals surface area contributed by atoms with Gasteiger partial charge in [-0.1, -0.05) is 36.4 Å². The van der Waals surface area contributed by atoms with Crippen LogP contribution >= 0.6 is 12.2 Å². The molecule has 5 nitrogen and oxygen atoms in total. The van der Waals surface area contributed by atoms with Crippen molar-refractivity contribution in [2.24, 2.45) is 0 Å². The van der Waals surface area contributed by atoms with Gasteiger partial charge in [0.1, 0.15) is 0 Å². The number of nitrogens with one attached hydrogen (secondary N) is 1. The maximum atomic E-state index is 13.2. The molecular formula is C22H21N3O2S. The molecule has 1 aromatic heterocycles. The standard InChI is InChI=1S/C22H21N3O2S/c1-2-12-24-21(27)18-11-8-16(13-19(18)23-22(24)28)20(26)25(17-9-10-17)14-15-6-4-3-5-7-15/h2-8,11,13,17H,1,9-10,12,14H2,(H,23,28). The molecule has 4 rings (SSSR count). The maximum Gasteiger partial charge on any atom is 0.262 e. The van der Waals surface area contributed by atoms with E-state index in [1.54, 1.807) is 24.3 Å². The van der Waals surface area contributed by atoms with Crippen LogP contribution in [-0.2, 0) is 13.1 Å². The summed E-state index contributed by atoms with van der Waals surface area (Å²) in [5.41, 5.74) is 2.06. The van der Waals surface area contributed by atoms with Gasteiger partial charge in [-0.15, -0.1) is 6.58 Å². The summed E-state index contributed by atoms with van der Waals surface area (Å²) in [5, 5.41) is 0.507. The van der Waals surface area contributed by atoms with Crippen LogP contribution < -0.4 is 5.56 Å². The van der Waals surface area contributed by atoms with Crippen molar-refractivity contribution < 1.29 is 4.79 Å². The number of allylic oxidation sites excluding steroid dienone is 1. The first-order chi connectivity index (χ1) is 13.6. The van der Waals surface area contributed by atoms with Crippen molar-refractivity contribution >= 4 is 29.0 Å². The van der Waals surface area contributed by atoms with Crippen molar-refractivity contribution in [3.8, 4) is 0 Å². The summed E-state index contributed by atoms with van der Waals surface area (Å²) in [7, 11) is 0. The lowest BCUT2D eigenvalue weighted by Crippen LogP contribution is -2.32. The zero-order valence-electron chi connectivity index (χ0n) is 15.4. The third-order valence-electron chi connectivity index (χ3n) is 4.98. The summed E-state index contributed by atoms with van der Waals surface area (Å²) >= 11 is 5.30. The lowest BCUT2D eigenvalue weighted by Gasteiger charge is -2.23. The van der Waals surface area contributed by atoms with Crippen LogP contribution in [-0.4, -0.2) is 26.4 Å². The van der Waals surface area contributed by atoms with Crippen molar-refractivity contribution in [1.82, 2.24) is 14.5 Å². The fourth-order valence-corrected chi connectivity index (χ4v) is 3.65. The van der Waals surface area contributed by atoms with Crippen LogP contribution in [0.4, 0.5) is 0 Å². The van der Waals surface area contributed by atoms with Crippen LogP contribution in [0.5, 0.6) is 0 Å². The number of carbonyl (C=O) groups excluding carboxylic acids is 1. The van der Waals surface area contributed by atoms with Crippen LogP contribution in [0, 0.1) is 4.77 Å². The molecular weight excluding hydrogens is 370 g/mol. The summed E-state index contributed by atoms with van der Waals surface area (Å²) in [6.07, 6.45) is 3.69. The van der Waals surface area contributed by atoms with Gasteiger partial charge < -0.3 is 9.88 Å². The van der Waals surface area contributed by atoms with Crippen LogP contribution in [0.3, 0.4) is 0 Å². The van der Waals surface area contributed by atoms with Gasteiger partial charge in [-0.3, -0.25) is 14.2 Å². The molecule has 0 saturated heterocycles. The molecule has 142 valence electrons. The Labute approximate surface area is 167 Å². The van der Waals surface area contributed by atoms with Gasteiger partial charge in [0, 0.05) is 24.7 Å². The zero-order chi connectivity index (χ0) is 19.7. The number of fused-ring (bicyclic) bond motifs is 1. The molecule has 0 atom stereocenters. The molecule has 6 heteroatoms. The van der Waals surface area contributed by atoms with Gasteiger partial charge in [0.05, 0.1) is 10.9 Å². The summed E-state index contributed by atoms with van der Waals surface area (Å²) in [4.78, 5) is 30.8. The fraction of sp³-hybridized carbons (Fsp3) is 0.227. The number of rotatable bonds is 6. The topological polar surface area (TPSA) is 58.1 Å².